The summed E-state index contributed by atoms with van der Waals surface area (Å²) in [4.78, 5) is 0. The van der Waals surface area contributed by atoms with Crippen molar-refractivity contribution in [3.05, 3.63) is 24.3 Å². The molecule has 0 fully saturated rings. The van der Waals surface area contributed by atoms with Crippen molar-refractivity contribution in [2.24, 2.45) is 5.92 Å². The lowest BCUT2D eigenvalue weighted by atomic mass is 10.1. The van der Waals surface area contributed by atoms with Crippen LogP contribution in [0.5, 0.6) is 0 Å². The van der Waals surface area contributed by atoms with Crippen LogP contribution in [-0.2, 0) is 0 Å². The molecular weight excluding hydrogens is 182 g/mol. The first-order chi connectivity index (χ1) is 7.16. The molecule has 88 valence electrons. The van der Waals surface area contributed by atoms with Gasteiger partial charge in [-0.25, -0.2) is 0 Å². The molecule has 0 aliphatic carbocycles. The summed E-state index contributed by atoms with van der Waals surface area (Å²) in [6.45, 7) is 12.7. The first kappa shape index (κ1) is 14.4. The van der Waals surface area contributed by atoms with Crippen LogP contribution >= 0.6 is 0 Å². The van der Waals surface area contributed by atoms with Gasteiger partial charge in [0.2, 0.25) is 0 Å². The number of hydrogen-bond acceptors (Lipinski definition) is 1. The van der Waals surface area contributed by atoms with Crippen molar-refractivity contribution in [2.75, 3.05) is 13.1 Å². The van der Waals surface area contributed by atoms with Gasteiger partial charge in [-0.1, -0.05) is 31.6 Å². The predicted molar refractivity (Wildman–Crippen MR) is 70.1 cm³/mol. The Hall–Kier alpha value is -0.560. The second kappa shape index (κ2) is 9.97. The number of hydrogen-bond donors (Lipinski definition) is 1. The summed E-state index contributed by atoms with van der Waals surface area (Å²) in [5, 5.41) is 3.45. The molecule has 1 N–H and O–H groups in total. The van der Waals surface area contributed by atoms with E-state index in [0.29, 0.717) is 0 Å². The Morgan fingerprint density at radius 1 is 1.33 bits per heavy atom. The fourth-order valence-electron chi connectivity index (χ4n) is 1.44. The maximum Gasteiger partial charge on any atom is -0.00141 e. The number of allylic oxidation sites excluding steroid dienone is 2. The fourth-order valence-corrected chi connectivity index (χ4v) is 1.44. The monoisotopic (exact) mass is 209 g/mol. The molecule has 0 aromatic heterocycles. The van der Waals surface area contributed by atoms with Crippen LogP contribution in [-0.4, -0.2) is 13.1 Å². The quantitative estimate of drug-likeness (QED) is 0.448. The van der Waals surface area contributed by atoms with Crippen LogP contribution in [0.1, 0.15) is 46.5 Å². The van der Waals surface area contributed by atoms with Gasteiger partial charge < -0.3 is 5.32 Å². The summed E-state index contributed by atoms with van der Waals surface area (Å²) in [5.41, 5.74) is 1.52. The van der Waals surface area contributed by atoms with Crippen LogP contribution < -0.4 is 5.32 Å². The Bertz CT molecular complexity index is 180. The van der Waals surface area contributed by atoms with Crippen molar-refractivity contribution in [1.82, 2.24) is 5.32 Å². The van der Waals surface area contributed by atoms with Gasteiger partial charge in [0.25, 0.3) is 0 Å². The Morgan fingerprint density at radius 3 is 2.67 bits per heavy atom. The second-order valence-corrected chi connectivity index (χ2v) is 4.62. The molecule has 0 unspecified atom stereocenters. The van der Waals surface area contributed by atoms with Gasteiger partial charge in [-0.05, 0) is 51.6 Å². The Balaban J connectivity index is 3.37. The summed E-state index contributed by atoms with van der Waals surface area (Å²) in [7, 11) is 0. The van der Waals surface area contributed by atoms with Gasteiger partial charge in [-0.2, -0.15) is 0 Å². The SMILES string of the molecule is C=CCCCC(C)=CCCNCC(C)C. The molecule has 0 saturated carbocycles. The van der Waals surface area contributed by atoms with Crippen molar-refractivity contribution in [3.63, 3.8) is 0 Å². The largest absolute Gasteiger partial charge is 0.316 e. The lowest BCUT2D eigenvalue weighted by molar-refractivity contribution is 0.556. The normalized spacial score (nSPS) is 12.1. The van der Waals surface area contributed by atoms with E-state index in [1.54, 1.807) is 0 Å². The molecule has 0 aromatic carbocycles. The van der Waals surface area contributed by atoms with E-state index in [2.05, 4.69) is 38.7 Å². The maximum atomic E-state index is 3.73. The Morgan fingerprint density at radius 2 is 2.07 bits per heavy atom. The van der Waals surface area contributed by atoms with E-state index in [9.17, 15) is 0 Å². The van der Waals surface area contributed by atoms with Crippen LogP contribution in [0.4, 0.5) is 0 Å². The summed E-state index contributed by atoms with van der Waals surface area (Å²) in [6, 6.07) is 0. The van der Waals surface area contributed by atoms with Crippen molar-refractivity contribution >= 4 is 0 Å². The zero-order valence-corrected chi connectivity index (χ0v) is 10.7. The van der Waals surface area contributed by atoms with Crippen LogP contribution in [0.15, 0.2) is 24.3 Å². The lowest BCUT2D eigenvalue weighted by Crippen LogP contribution is -2.20. The Labute approximate surface area is 95.7 Å². The maximum absolute atomic E-state index is 3.73. The number of nitrogens with one attached hydrogen (secondary N) is 1. The highest BCUT2D eigenvalue weighted by atomic mass is 14.8. The zero-order valence-electron chi connectivity index (χ0n) is 10.7. The van der Waals surface area contributed by atoms with E-state index in [1.165, 1.54) is 18.4 Å². The van der Waals surface area contributed by atoms with Crippen LogP contribution in [0, 0.1) is 5.92 Å². The third-order valence-corrected chi connectivity index (χ3v) is 2.35. The summed E-state index contributed by atoms with van der Waals surface area (Å²) in [6.07, 6.45) is 9.11. The van der Waals surface area contributed by atoms with Gasteiger partial charge in [0.05, 0.1) is 0 Å². The first-order valence-electron chi connectivity index (χ1n) is 6.14. The van der Waals surface area contributed by atoms with E-state index >= 15 is 0 Å². The van der Waals surface area contributed by atoms with Gasteiger partial charge in [-0.3, -0.25) is 0 Å². The highest BCUT2D eigenvalue weighted by Crippen LogP contribution is 2.07. The van der Waals surface area contributed by atoms with Gasteiger partial charge in [0.15, 0.2) is 0 Å². The molecule has 0 aliphatic rings. The summed E-state index contributed by atoms with van der Waals surface area (Å²) >= 11 is 0. The van der Waals surface area contributed by atoms with Crippen LogP contribution in [0.3, 0.4) is 0 Å². The van der Waals surface area contributed by atoms with Gasteiger partial charge in [0.1, 0.15) is 0 Å². The summed E-state index contributed by atoms with van der Waals surface area (Å²) < 4.78 is 0. The molecule has 1 heteroatoms. The van der Waals surface area contributed by atoms with Crippen LogP contribution in [0.2, 0.25) is 0 Å². The van der Waals surface area contributed by atoms with E-state index in [4.69, 9.17) is 0 Å². The van der Waals surface area contributed by atoms with Gasteiger partial charge >= 0.3 is 0 Å². The fraction of sp³-hybridized carbons (Fsp3) is 0.714. The summed E-state index contributed by atoms with van der Waals surface area (Å²) in [5.74, 6) is 0.752. The highest BCUT2D eigenvalue weighted by Gasteiger charge is 1.92. The predicted octanol–water partition coefficient (Wildman–Crippen LogP) is 3.92. The molecular formula is C14H27N. The molecule has 15 heavy (non-hydrogen) atoms. The van der Waals surface area contributed by atoms with Gasteiger partial charge in [0, 0.05) is 0 Å². The zero-order chi connectivity index (χ0) is 11.5. The third kappa shape index (κ3) is 11.4. The molecule has 0 bridgehead atoms. The molecule has 0 radical (unpaired) electrons. The molecule has 0 amide bonds. The first-order valence-corrected chi connectivity index (χ1v) is 6.14. The molecule has 0 saturated heterocycles. The average molecular weight is 209 g/mol. The highest BCUT2D eigenvalue weighted by molar-refractivity contribution is 4.98. The molecule has 0 aromatic rings. The molecule has 0 heterocycles. The topological polar surface area (TPSA) is 12.0 Å². The van der Waals surface area contributed by atoms with Crippen molar-refractivity contribution in [3.8, 4) is 0 Å². The molecule has 0 rings (SSSR count). The van der Waals surface area contributed by atoms with Crippen molar-refractivity contribution < 1.29 is 0 Å². The van der Waals surface area contributed by atoms with Crippen LogP contribution in [0.25, 0.3) is 0 Å². The second-order valence-electron chi connectivity index (χ2n) is 4.62. The minimum absolute atomic E-state index is 0.752. The molecule has 1 nitrogen and oxygen atoms in total. The smallest absolute Gasteiger partial charge is 0.00141 e. The molecule has 0 spiro atoms. The van der Waals surface area contributed by atoms with E-state index in [-0.39, 0.29) is 0 Å². The van der Waals surface area contributed by atoms with E-state index in [1.807, 2.05) is 6.08 Å². The number of rotatable bonds is 9. The lowest BCUT2D eigenvalue weighted by Gasteiger charge is -2.05. The minimum Gasteiger partial charge on any atom is -0.316 e. The van der Waals surface area contributed by atoms with Crippen molar-refractivity contribution in [1.29, 1.82) is 0 Å². The number of unbranched alkanes of at least 4 members (excludes halogenated alkanes) is 1. The molecule has 0 aliphatic heterocycles. The Kier molecular flexibility index (Phi) is 9.60. The third-order valence-electron chi connectivity index (χ3n) is 2.35. The van der Waals surface area contributed by atoms with E-state index in [0.717, 1.165) is 31.8 Å². The minimum atomic E-state index is 0.752. The molecule has 0 atom stereocenters. The van der Waals surface area contributed by atoms with Crippen molar-refractivity contribution in [2.45, 2.75) is 46.5 Å². The average Bonchev–Trinajstić information content (AvgIpc) is 2.17. The van der Waals surface area contributed by atoms with Gasteiger partial charge in [-0.15, -0.1) is 6.58 Å². The van der Waals surface area contributed by atoms with E-state index < -0.39 is 0 Å². The standard InChI is InChI=1S/C14H27N/c1-5-6-7-9-14(4)10-8-11-15-12-13(2)3/h5,10,13,15H,1,6-9,11-12H2,2-4H3.